The average Bonchev–Trinajstić information content (AvgIpc) is 3.38. The molecule has 0 atom stereocenters. The number of methoxy groups -OCH3 is 1. The highest BCUT2D eigenvalue weighted by atomic mass is 32.2. The third-order valence-electron chi connectivity index (χ3n) is 7.31. The van der Waals surface area contributed by atoms with E-state index >= 15 is 0 Å². The molecule has 47 heavy (non-hydrogen) atoms. The Bertz CT molecular complexity index is 1710. The first-order chi connectivity index (χ1) is 22.0. The predicted octanol–water partition coefficient (Wildman–Crippen LogP) is 8.12. The topological polar surface area (TPSA) is 54.4 Å². The molecule has 0 aromatic heterocycles. The SMILES string of the molecule is COc1cc(/C=C2\SC(N3CCN(c4cccc(C(F)(F)F)c4)CC3)=NC2=O)ccc1OCc1ccc(C(F)(F)F)cc1C(F)(F)F. The van der Waals surface area contributed by atoms with Crippen LogP contribution in [0.5, 0.6) is 11.5 Å². The highest BCUT2D eigenvalue weighted by Crippen LogP contribution is 2.39. The zero-order valence-electron chi connectivity index (χ0n) is 24.3. The van der Waals surface area contributed by atoms with Crippen molar-refractivity contribution in [2.24, 2.45) is 4.99 Å². The van der Waals surface area contributed by atoms with Gasteiger partial charge >= 0.3 is 18.5 Å². The normalized spacial score (nSPS) is 16.9. The average molecular weight is 690 g/mol. The Morgan fingerprint density at radius 2 is 1.45 bits per heavy atom. The molecule has 0 spiro atoms. The van der Waals surface area contributed by atoms with Crippen molar-refractivity contribution >= 4 is 34.6 Å². The lowest BCUT2D eigenvalue weighted by molar-refractivity contribution is -0.143. The van der Waals surface area contributed by atoms with Crippen LogP contribution in [0.15, 0.2) is 70.6 Å². The molecular weight excluding hydrogens is 665 g/mol. The van der Waals surface area contributed by atoms with Gasteiger partial charge in [-0.05, 0) is 65.9 Å². The van der Waals surface area contributed by atoms with Crippen molar-refractivity contribution in [2.45, 2.75) is 25.1 Å². The summed E-state index contributed by atoms with van der Waals surface area (Å²) in [6.45, 7) is 0.943. The fourth-order valence-corrected chi connectivity index (χ4v) is 5.88. The van der Waals surface area contributed by atoms with Gasteiger partial charge in [0, 0.05) is 37.4 Å². The van der Waals surface area contributed by atoms with Crippen LogP contribution in [-0.4, -0.2) is 49.3 Å². The van der Waals surface area contributed by atoms with Crippen molar-refractivity contribution in [1.82, 2.24) is 4.90 Å². The van der Waals surface area contributed by atoms with E-state index in [-0.39, 0.29) is 22.5 Å². The Morgan fingerprint density at radius 3 is 2.09 bits per heavy atom. The summed E-state index contributed by atoms with van der Waals surface area (Å²) in [4.78, 5) is 20.8. The standard InChI is InChI=1S/C31H24F9N3O3S/c1-45-25-13-18(5-8-24(25)46-17-19-6-7-21(30(35,36)37)16-23(19)31(38,39)40)14-26-27(44)41-28(47-26)43-11-9-42(10-12-43)22-4-2-3-20(15-22)29(32,33)34/h2-8,13-16H,9-12,17H2,1H3/b26-14-. The van der Waals surface area contributed by atoms with E-state index < -0.39 is 53.3 Å². The molecule has 2 heterocycles. The van der Waals surface area contributed by atoms with Gasteiger partial charge in [0.05, 0.1) is 28.7 Å². The van der Waals surface area contributed by atoms with E-state index in [0.717, 1.165) is 23.9 Å². The molecule has 0 bridgehead atoms. The smallest absolute Gasteiger partial charge is 0.416 e. The second-order valence-electron chi connectivity index (χ2n) is 10.4. The Morgan fingerprint density at radius 1 is 0.787 bits per heavy atom. The lowest BCUT2D eigenvalue weighted by atomic mass is 10.0. The quantitative estimate of drug-likeness (QED) is 0.193. The molecule has 2 aliphatic rings. The molecule has 3 aromatic rings. The van der Waals surface area contributed by atoms with Crippen molar-refractivity contribution in [3.8, 4) is 11.5 Å². The molecule has 2 aliphatic heterocycles. The number of rotatable bonds is 6. The number of hydrogen-bond acceptors (Lipinski definition) is 6. The Kier molecular flexibility index (Phi) is 9.44. The van der Waals surface area contributed by atoms with Gasteiger partial charge in [0.15, 0.2) is 16.7 Å². The Labute approximate surface area is 266 Å². The molecular formula is C31H24F9N3O3S. The number of hydrogen-bond donors (Lipinski definition) is 0. The number of nitrogens with zero attached hydrogens (tertiary/aromatic N) is 3. The highest BCUT2D eigenvalue weighted by molar-refractivity contribution is 8.18. The van der Waals surface area contributed by atoms with Gasteiger partial charge < -0.3 is 19.3 Å². The number of halogens is 9. The number of amidine groups is 1. The summed E-state index contributed by atoms with van der Waals surface area (Å²) in [6, 6.07) is 10.7. The number of amides is 1. The second kappa shape index (κ2) is 13.0. The largest absolute Gasteiger partial charge is 0.493 e. The van der Waals surface area contributed by atoms with E-state index in [2.05, 4.69) is 4.99 Å². The van der Waals surface area contributed by atoms with E-state index in [1.165, 1.54) is 37.5 Å². The first-order valence-corrected chi connectivity index (χ1v) is 14.6. The van der Waals surface area contributed by atoms with Crippen LogP contribution in [-0.2, 0) is 29.9 Å². The molecule has 6 nitrogen and oxygen atoms in total. The second-order valence-corrected chi connectivity index (χ2v) is 11.4. The van der Waals surface area contributed by atoms with Gasteiger partial charge in [-0.25, -0.2) is 0 Å². The van der Waals surface area contributed by atoms with E-state index in [0.29, 0.717) is 54.7 Å². The molecule has 0 saturated carbocycles. The summed E-state index contributed by atoms with van der Waals surface area (Å²) in [5.41, 5.74) is -3.24. The molecule has 16 heteroatoms. The zero-order valence-corrected chi connectivity index (χ0v) is 25.1. The number of alkyl halides is 9. The van der Waals surface area contributed by atoms with Gasteiger partial charge in [-0.3, -0.25) is 4.79 Å². The van der Waals surface area contributed by atoms with Crippen LogP contribution in [0.4, 0.5) is 45.2 Å². The minimum Gasteiger partial charge on any atom is -0.493 e. The maximum Gasteiger partial charge on any atom is 0.416 e. The van der Waals surface area contributed by atoms with Crippen molar-refractivity contribution < 1.29 is 53.8 Å². The van der Waals surface area contributed by atoms with Crippen molar-refractivity contribution in [3.05, 3.63) is 93.4 Å². The summed E-state index contributed by atoms with van der Waals surface area (Å²) in [5.74, 6) is -0.391. The van der Waals surface area contributed by atoms with Gasteiger partial charge in [-0.15, -0.1) is 0 Å². The number of piperazine rings is 1. The summed E-state index contributed by atoms with van der Waals surface area (Å²) in [7, 11) is 1.29. The Balaban J connectivity index is 1.23. The molecule has 1 fully saturated rings. The summed E-state index contributed by atoms with van der Waals surface area (Å²) >= 11 is 1.12. The molecule has 3 aromatic carbocycles. The monoisotopic (exact) mass is 689 g/mol. The van der Waals surface area contributed by atoms with Gasteiger partial charge in [0.1, 0.15) is 6.61 Å². The number of anilines is 1. The Hall–Kier alpha value is -4.34. The van der Waals surface area contributed by atoms with Crippen LogP contribution in [0.25, 0.3) is 6.08 Å². The van der Waals surface area contributed by atoms with Crippen LogP contribution in [0.2, 0.25) is 0 Å². The molecule has 0 radical (unpaired) electrons. The third kappa shape index (κ3) is 7.97. The van der Waals surface area contributed by atoms with Crippen LogP contribution in [0, 0.1) is 0 Å². The van der Waals surface area contributed by atoms with Crippen LogP contribution in [0.1, 0.15) is 27.8 Å². The summed E-state index contributed by atoms with van der Waals surface area (Å²) in [6.07, 6.45) is -12.9. The van der Waals surface area contributed by atoms with Crippen LogP contribution < -0.4 is 14.4 Å². The fraction of sp³-hybridized carbons (Fsp3) is 0.290. The molecule has 0 unspecified atom stereocenters. The minimum absolute atomic E-state index is 0.0173. The van der Waals surface area contributed by atoms with Gasteiger partial charge in [0.25, 0.3) is 5.91 Å². The first kappa shape index (κ1) is 34.0. The number of thioether (sulfide) groups is 1. The maximum atomic E-state index is 13.5. The number of carbonyl (C=O) groups excluding carboxylic acids is 1. The number of ether oxygens (including phenoxy) is 2. The minimum atomic E-state index is -5.05. The number of aliphatic imine (C=N–C) groups is 1. The molecule has 1 amide bonds. The molecule has 1 saturated heterocycles. The van der Waals surface area contributed by atoms with Gasteiger partial charge in [0.2, 0.25) is 0 Å². The first-order valence-electron chi connectivity index (χ1n) is 13.8. The predicted molar refractivity (Wildman–Crippen MR) is 157 cm³/mol. The molecule has 0 N–H and O–H groups in total. The summed E-state index contributed by atoms with van der Waals surface area (Å²) < 4.78 is 130. The zero-order chi connectivity index (χ0) is 34.1. The van der Waals surface area contributed by atoms with Crippen molar-refractivity contribution in [1.29, 1.82) is 0 Å². The maximum absolute atomic E-state index is 13.5. The molecule has 0 aliphatic carbocycles. The van der Waals surface area contributed by atoms with Crippen LogP contribution in [0.3, 0.4) is 0 Å². The number of benzene rings is 3. The number of carbonyl (C=O) groups is 1. The van der Waals surface area contributed by atoms with E-state index in [9.17, 15) is 44.3 Å². The lowest BCUT2D eigenvalue weighted by Crippen LogP contribution is -2.47. The summed E-state index contributed by atoms with van der Waals surface area (Å²) in [5, 5.41) is 0.439. The van der Waals surface area contributed by atoms with Crippen molar-refractivity contribution in [2.75, 3.05) is 38.2 Å². The van der Waals surface area contributed by atoms with E-state index in [1.54, 1.807) is 6.07 Å². The third-order valence-corrected chi connectivity index (χ3v) is 8.35. The van der Waals surface area contributed by atoms with E-state index in [4.69, 9.17) is 9.47 Å². The highest BCUT2D eigenvalue weighted by Gasteiger charge is 2.38. The van der Waals surface area contributed by atoms with Crippen LogP contribution >= 0.6 is 11.8 Å². The molecule has 5 rings (SSSR count). The van der Waals surface area contributed by atoms with Gasteiger partial charge in [-0.1, -0.05) is 18.2 Å². The van der Waals surface area contributed by atoms with E-state index in [1.807, 2.05) is 9.80 Å². The molecule has 250 valence electrons. The van der Waals surface area contributed by atoms with Crippen molar-refractivity contribution in [3.63, 3.8) is 0 Å². The fourth-order valence-electron chi connectivity index (χ4n) is 4.91. The lowest BCUT2D eigenvalue weighted by Gasteiger charge is -2.36. The van der Waals surface area contributed by atoms with Gasteiger partial charge in [-0.2, -0.15) is 44.5 Å².